The van der Waals surface area contributed by atoms with Crippen LogP contribution in [-0.2, 0) is 21.9 Å². The van der Waals surface area contributed by atoms with Crippen LogP contribution in [0.25, 0.3) is 0 Å². The molecule has 1 nitrogen and oxygen atoms in total. The fraction of sp³-hybridized carbons (Fsp3) is 0. The molecule has 0 aliphatic heterocycles. The normalized spacial score (nSPS) is 2.00. The maximum Gasteiger partial charge on any atom is 0.116 e. The number of rotatable bonds is 0. The molecule has 0 fully saturated rings. The second kappa shape index (κ2) is 12.3. The Balaban J connectivity index is 0. The molecule has 0 heterocycles. The second-order valence-electron chi connectivity index (χ2n) is 0.144. The van der Waals surface area contributed by atoms with Crippen LogP contribution in [0.2, 0.25) is 0 Å². The van der Waals surface area contributed by atoms with Gasteiger partial charge in [-0.05, 0) is 6.58 Å². The van der Waals surface area contributed by atoms with Crippen LogP contribution in [0.5, 0.6) is 0 Å². The molecule has 4 heavy (non-hydrogen) atoms. The average molecular weight is 97.9 g/mol. The van der Waals surface area contributed by atoms with Crippen LogP contribution in [0.15, 0.2) is 6.58 Å². The van der Waals surface area contributed by atoms with Crippen molar-refractivity contribution < 1.29 is 21.9 Å². The van der Waals surface area contributed by atoms with E-state index in [-0.39, 0.29) is 17.1 Å². The minimum Gasteiger partial charge on any atom is -0.234 e. The van der Waals surface area contributed by atoms with Gasteiger partial charge in [0.2, 0.25) is 0 Å². The quantitative estimate of drug-likeness (QED) is 0.308. The fourth-order valence-electron chi connectivity index (χ4n) is 0. The second-order valence-corrected chi connectivity index (χ2v) is 0.144. The molecule has 0 saturated heterocycles. The van der Waals surface area contributed by atoms with Crippen molar-refractivity contribution in [3.63, 3.8) is 0 Å². The summed E-state index contributed by atoms with van der Waals surface area (Å²) in [5, 5.41) is 0. The summed E-state index contributed by atoms with van der Waals surface area (Å²) < 4.78 is 0. The van der Waals surface area contributed by atoms with Crippen LogP contribution in [0.4, 0.5) is 0 Å². The SMILES string of the molecule is C=C=O.[Fe]. The van der Waals surface area contributed by atoms with Gasteiger partial charge in [0.15, 0.2) is 0 Å². The molecule has 0 aromatic heterocycles. The zero-order valence-electron chi connectivity index (χ0n) is 1.97. The molecule has 0 spiro atoms. The molecule has 0 amide bonds. The maximum absolute atomic E-state index is 8.57. The van der Waals surface area contributed by atoms with Crippen LogP contribution in [-0.4, -0.2) is 5.94 Å². The van der Waals surface area contributed by atoms with Crippen LogP contribution >= 0.6 is 0 Å². The Morgan fingerprint density at radius 2 is 1.75 bits per heavy atom. The van der Waals surface area contributed by atoms with Crippen molar-refractivity contribution in [1.29, 1.82) is 0 Å². The maximum atomic E-state index is 8.57. The van der Waals surface area contributed by atoms with Gasteiger partial charge in [0.1, 0.15) is 5.94 Å². The van der Waals surface area contributed by atoms with Crippen molar-refractivity contribution in [1.82, 2.24) is 0 Å². The molecule has 0 aliphatic carbocycles. The van der Waals surface area contributed by atoms with E-state index in [0.29, 0.717) is 0 Å². The Morgan fingerprint density at radius 3 is 1.75 bits per heavy atom. The molecule has 0 aromatic carbocycles. The van der Waals surface area contributed by atoms with Crippen molar-refractivity contribution >= 4 is 5.94 Å². The van der Waals surface area contributed by atoms with Crippen molar-refractivity contribution in [2.24, 2.45) is 0 Å². The average Bonchev–Trinajstić information content (AvgIpc) is 0.918. The smallest absolute Gasteiger partial charge is 0.116 e. The van der Waals surface area contributed by atoms with E-state index in [9.17, 15) is 0 Å². The summed E-state index contributed by atoms with van der Waals surface area (Å²) >= 11 is 0. The first-order chi connectivity index (χ1) is 1.41. The van der Waals surface area contributed by atoms with E-state index < -0.39 is 0 Å². The predicted molar refractivity (Wildman–Crippen MR) is 11.3 cm³/mol. The van der Waals surface area contributed by atoms with Gasteiger partial charge in [-0.15, -0.1) is 0 Å². The molecule has 24 valence electrons. The van der Waals surface area contributed by atoms with Gasteiger partial charge in [-0.3, -0.25) is 0 Å². The number of carbonyl (C=O) groups excluding carboxylic acids is 1. The Kier molecular flexibility index (Phi) is 27.6. The first kappa shape index (κ1) is 9.02. The molecule has 0 aliphatic rings. The van der Waals surface area contributed by atoms with Gasteiger partial charge >= 0.3 is 0 Å². The van der Waals surface area contributed by atoms with E-state index in [4.69, 9.17) is 4.79 Å². The zero-order valence-corrected chi connectivity index (χ0v) is 3.07. The molecule has 0 atom stereocenters. The Hall–Kier alpha value is -0.0305. The Morgan fingerprint density at radius 1 is 1.75 bits per heavy atom. The molecule has 0 N–H and O–H groups in total. The summed E-state index contributed by atoms with van der Waals surface area (Å²) in [6.07, 6.45) is 0. The minimum atomic E-state index is 0. The first-order valence-corrected chi connectivity index (χ1v) is 0.558. The van der Waals surface area contributed by atoms with Crippen molar-refractivity contribution in [2.45, 2.75) is 0 Å². The molecular weight excluding hydrogens is 95.9 g/mol. The minimum absolute atomic E-state index is 0. The fourth-order valence-corrected chi connectivity index (χ4v) is 0. The van der Waals surface area contributed by atoms with Crippen LogP contribution in [0, 0.1) is 0 Å². The van der Waals surface area contributed by atoms with Crippen molar-refractivity contribution in [3.8, 4) is 0 Å². The van der Waals surface area contributed by atoms with E-state index in [2.05, 4.69) is 6.58 Å². The van der Waals surface area contributed by atoms with Gasteiger partial charge in [0.05, 0.1) is 0 Å². The monoisotopic (exact) mass is 97.9 g/mol. The summed E-state index contributed by atoms with van der Waals surface area (Å²) in [6.45, 7) is 2.68. The van der Waals surface area contributed by atoms with Crippen molar-refractivity contribution in [2.75, 3.05) is 0 Å². The van der Waals surface area contributed by atoms with Crippen LogP contribution in [0.1, 0.15) is 0 Å². The molecule has 0 radical (unpaired) electrons. The molecule has 0 rings (SSSR count). The molecular formula is C2H2FeO. The van der Waals surface area contributed by atoms with Crippen LogP contribution in [0.3, 0.4) is 0 Å². The Labute approximate surface area is 35.2 Å². The van der Waals surface area contributed by atoms with Crippen molar-refractivity contribution in [3.05, 3.63) is 6.58 Å². The van der Waals surface area contributed by atoms with Gasteiger partial charge in [-0.25, -0.2) is 4.79 Å². The first-order valence-electron chi connectivity index (χ1n) is 0.558. The molecule has 0 unspecified atom stereocenters. The van der Waals surface area contributed by atoms with Gasteiger partial charge < -0.3 is 0 Å². The standard InChI is InChI=1S/C2H2O.Fe/c1-2-3;/h1H2;. The van der Waals surface area contributed by atoms with Gasteiger partial charge in [-0.2, -0.15) is 0 Å². The number of hydrogen-bond donors (Lipinski definition) is 0. The summed E-state index contributed by atoms with van der Waals surface area (Å²) in [5.74, 6) is 1.25. The molecule has 0 aromatic rings. The summed E-state index contributed by atoms with van der Waals surface area (Å²) in [7, 11) is 0. The van der Waals surface area contributed by atoms with Gasteiger partial charge in [-0.1, -0.05) is 0 Å². The van der Waals surface area contributed by atoms with Gasteiger partial charge in [0.25, 0.3) is 0 Å². The summed E-state index contributed by atoms with van der Waals surface area (Å²) in [6, 6.07) is 0. The molecule has 2 heteroatoms. The predicted octanol–water partition coefficient (Wildman–Crippen LogP) is 0.00150. The van der Waals surface area contributed by atoms with E-state index in [1.807, 2.05) is 0 Å². The molecule has 0 bridgehead atoms. The Bertz CT molecular complexity index is 27.0. The van der Waals surface area contributed by atoms with Crippen LogP contribution < -0.4 is 0 Å². The third-order valence-electron chi connectivity index (χ3n) is 0. The van der Waals surface area contributed by atoms with Gasteiger partial charge in [0, 0.05) is 17.1 Å². The third-order valence-corrected chi connectivity index (χ3v) is 0. The van der Waals surface area contributed by atoms with E-state index in [0.717, 1.165) is 0 Å². The summed E-state index contributed by atoms with van der Waals surface area (Å²) in [5.41, 5.74) is 0. The van der Waals surface area contributed by atoms with E-state index >= 15 is 0 Å². The molecule has 0 saturated carbocycles. The van der Waals surface area contributed by atoms with E-state index in [1.165, 1.54) is 5.94 Å². The third kappa shape index (κ3) is 1990. The summed E-state index contributed by atoms with van der Waals surface area (Å²) in [4.78, 5) is 8.57. The largest absolute Gasteiger partial charge is 0.234 e. The zero-order chi connectivity index (χ0) is 2.71. The van der Waals surface area contributed by atoms with E-state index in [1.54, 1.807) is 0 Å². The topological polar surface area (TPSA) is 17.1 Å². The number of hydrogen-bond acceptors (Lipinski definition) is 1.